The number of benzene rings is 2. The second-order valence-corrected chi connectivity index (χ2v) is 6.32. The maximum atomic E-state index is 12.3. The Morgan fingerprint density at radius 1 is 0.963 bits per heavy atom. The Morgan fingerprint density at radius 2 is 1.59 bits per heavy atom. The molecular formula is C20H19N3O4. The van der Waals surface area contributed by atoms with Gasteiger partial charge in [0.1, 0.15) is 0 Å². The first kappa shape index (κ1) is 18.3. The van der Waals surface area contributed by atoms with Crippen molar-refractivity contribution in [2.45, 2.75) is 20.3 Å². The summed E-state index contributed by atoms with van der Waals surface area (Å²) in [6.07, 6.45) is -0.00202. The highest BCUT2D eigenvalue weighted by atomic mass is 16.2. The van der Waals surface area contributed by atoms with Gasteiger partial charge in [0.15, 0.2) is 0 Å². The van der Waals surface area contributed by atoms with Crippen LogP contribution in [0.4, 0.5) is 11.4 Å². The summed E-state index contributed by atoms with van der Waals surface area (Å²) in [4.78, 5) is 49.0. The van der Waals surface area contributed by atoms with Crippen LogP contribution in [0.15, 0.2) is 42.5 Å². The monoisotopic (exact) mass is 365 g/mol. The molecule has 2 aromatic carbocycles. The molecule has 1 aliphatic rings. The molecule has 0 fully saturated rings. The number of fused-ring (bicyclic) bond motifs is 1. The van der Waals surface area contributed by atoms with Gasteiger partial charge in [-0.05, 0) is 42.8 Å². The minimum Gasteiger partial charge on any atom is -0.326 e. The third-order valence-electron chi connectivity index (χ3n) is 4.26. The molecule has 0 aliphatic carbocycles. The van der Waals surface area contributed by atoms with Crippen molar-refractivity contribution in [2.75, 3.05) is 17.2 Å². The number of rotatable bonds is 5. The molecule has 4 amide bonds. The Hall–Kier alpha value is -3.48. The van der Waals surface area contributed by atoms with Gasteiger partial charge in [-0.1, -0.05) is 12.1 Å². The first-order valence-corrected chi connectivity index (χ1v) is 8.50. The quantitative estimate of drug-likeness (QED) is 0.796. The molecule has 1 aliphatic heterocycles. The van der Waals surface area contributed by atoms with E-state index in [1.165, 1.54) is 6.92 Å². The van der Waals surface area contributed by atoms with E-state index < -0.39 is 0 Å². The lowest BCUT2D eigenvalue weighted by Crippen LogP contribution is -2.32. The number of hydrogen-bond donors (Lipinski definition) is 2. The molecule has 1 heterocycles. The molecule has 27 heavy (non-hydrogen) atoms. The number of nitrogens with zero attached hydrogens (tertiary/aromatic N) is 1. The molecule has 2 aromatic rings. The Morgan fingerprint density at radius 3 is 2.15 bits per heavy atom. The normalized spacial score (nSPS) is 12.7. The van der Waals surface area contributed by atoms with Crippen LogP contribution in [0.1, 0.15) is 39.6 Å². The highest BCUT2D eigenvalue weighted by molar-refractivity contribution is 6.21. The molecule has 0 aromatic heterocycles. The van der Waals surface area contributed by atoms with Crippen LogP contribution >= 0.6 is 0 Å². The topological polar surface area (TPSA) is 95.6 Å². The Balaban J connectivity index is 1.59. The summed E-state index contributed by atoms with van der Waals surface area (Å²) in [5.74, 6) is -1.23. The summed E-state index contributed by atoms with van der Waals surface area (Å²) >= 11 is 0. The average molecular weight is 365 g/mol. The smallest absolute Gasteiger partial charge is 0.261 e. The molecule has 7 nitrogen and oxygen atoms in total. The van der Waals surface area contributed by atoms with Crippen LogP contribution < -0.4 is 10.6 Å². The molecule has 0 unspecified atom stereocenters. The van der Waals surface area contributed by atoms with Crippen molar-refractivity contribution in [3.63, 3.8) is 0 Å². The average Bonchev–Trinajstić information content (AvgIpc) is 2.86. The summed E-state index contributed by atoms with van der Waals surface area (Å²) in [6.45, 7) is 3.26. The molecule has 138 valence electrons. The first-order valence-electron chi connectivity index (χ1n) is 8.50. The maximum Gasteiger partial charge on any atom is 0.261 e. The van der Waals surface area contributed by atoms with Crippen molar-refractivity contribution in [2.24, 2.45) is 0 Å². The van der Waals surface area contributed by atoms with E-state index in [1.807, 2.05) is 6.92 Å². The number of amides is 4. The lowest BCUT2D eigenvalue weighted by atomic mass is 10.1. The standard InChI is InChI=1S/C20H19N3O4/c1-12-11-14(7-8-17(12)21-13(2)24)22-18(25)9-10-23-19(26)15-5-3-4-6-16(15)20(23)27/h3-8,11H,9-10H2,1-2H3,(H,21,24)(H,22,25). The second kappa shape index (κ2) is 7.41. The zero-order valence-electron chi connectivity index (χ0n) is 15.0. The fraction of sp³-hybridized carbons (Fsp3) is 0.200. The van der Waals surface area contributed by atoms with Crippen LogP contribution in [0.3, 0.4) is 0 Å². The number of carbonyl (C=O) groups excluding carboxylic acids is 4. The lowest BCUT2D eigenvalue weighted by Gasteiger charge is -2.14. The molecule has 2 N–H and O–H groups in total. The first-order chi connectivity index (χ1) is 12.9. The highest BCUT2D eigenvalue weighted by Crippen LogP contribution is 2.23. The number of imide groups is 1. The molecule has 7 heteroatoms. The summed E-state index contributed by atoms with van der Waals surface area (Å²) in [5.41, 5.74) is 2.79. The van der Waals surface area contributed by atoms with E-state index in [9.17, 15) is 19.2 Å². The van der Waals surface area contributed by atoms with Gasteiger partial charge in [0.05, 0.1) is 11.1 Å². The predicted octanol–water partition coefficient (Wildman–Crippen LogP) is 2.58. The van der Waals surface area contributed by atoms with Gasteiger partial charge in [-0.2, -0.15) is 0 Å². The molecule has 3 rings (SSSR count). The van der Waals surface area contributed by atoms with Crippen molar-refractivity contribution in [1.29, 1.82) is 0 Å². The number of aryl methyl sites for hydroxylation is 1. The van der Waals surface area contributed by atoms with Gasteiger partial charge in [-0.3, -0.25) is 24.1 Å². The highest BCUT2D eigenvalue weighted by Gasteiger charge is 2.34. The summed E-state index contributed by atoms with van der Waals surface area (Å²) in [7, 11) is 0. The van der Waals surface area contributed by atoms with E-state index in [0.717, 1.165) is 10.5 Å². The van der Waals surface area contributed by atoms with E-state index in [1.54, 1.807) is 42.5 Å². The molecular weight excluding hydrogens is 346 g/mol. The van der Waals surface area contributed by atoms with Crippen LogP contribution in [-0.4, -0.2) is 35.1 Å². The van der Waals surface area contributed by atoms with Crippen LogP contribution in [0.5, 0.6) is 0 Å². The molecule has 0 radical (unpaired) electrons. The summed E-state index contributed by atoms with van der Waals surface area (Å²) in [5, 5.41) is 5.44. The van der Waals surface area contributed by atoms with Gasteiger partial charge in [0, 0.05) is 31.3 Å². The van der Waals surface area contributed by atoms with Gasteiger partial charge in [-0.15, -0.1) is 0 Å². The Kier molecular flexibility index (Phi) is 5.03. The van der Waals surface area contributed by atoms with Gasteiger partial charge in [-0.25, -0.2) is 0 Å². The fourth-order valence-corrected chi connectivity index (χ4v) is 2.95. The van der Waals surface area contributed by atoms with Crippen LogP contribution in [-0.2, 0) is 9.59 Å². The van der Waals surface area contributed by atoms with Gasteiger partial charge >= 0.3 is 0 Å². The zero-order valence-corrected chi connectivity index (χ0v) is 15.0. The van der Waals surface area contributed by atoms with E-state index in [0.29, 0.717) is 22.5 Å². The molecule has 0 bridgehead atoms. The molecule has 0 spiro atoms. The van der Waals surface area contributed by atoms with Crippen LogP contribution in [0.25, 0.3) is 0 Å². The van der Waals surface area contributed by atoms with Crippen molar-refractivity contribution >= 4 is 35.0 Å². The van der Waals surface area contributed by atoms with Crippen LogP contribution in [0.2, 0.25) is 0 Å². The van der Waals surface area contributed by atoms with E-state index in [2.05, 4.69) is 10.6 Å². The fourth-order valence-electron chi connectivity index (χ4n) is 2.95. The third kappa shape index (κ3) is 3.87. The molecule has 0 atom stereocenters. The molecule has 0 saturated heterocycles. The number of hydrogen-bond acceptors (Lipinski definition) is 4. The maximum absolute atomic E-state index is 12.3. The SMILES string of the molecule is CC(=O)Nc1ccc(NC(=O)CCN2C(=O)c3ccccc3C2=O)cc1C. The van der Waals surface area contributed by atoms with Crippen molar-refractivity contribution in [3.8, 4) is 0 Å². The van der Waals surface area contributed by atoms with E-state index in [4.69, 9.17) is 0 Å². The predicted molar refractivity (Wildman–Crippen MR) is 101 cm³/mol. The third-order valence-corrected chi connectivity index (χ3v) is 4.26. The van der Waals surface area contributed by atoms with Gasteiger partial charge in [0.25, 0.3) is 11.8 Å². The molecule has 0 saturated carbocycles. The van der Waals surface area contributed by atoms with Gasteiger partial charge < -0.3 is 10.6 Å². The lowest BCUT2D eigenvalue weighted by molar-refractivity contribution is -0.116. The second-order valence-electron chi connectivity index (χ2n) is 6.32. The van der Waals surface area contributed by atoms with Crippen molar-refractivity contribution < 1.29 is 19.2 Å². The van der Waals surface area contributed by atoms with Gasteiger partial charge in [0.2, 0.25) is 11.8 Å². The largest absolute Gasteiger partial charge is 0.326 e. The minimum atomic E-state index is -0.376. The number of carbonyl (C=O) groups is 4. The Labute approximate surface area is 156 Å². The van der Waals surface area contributed by atoms with Crippen LogP contribution in [0, 0.1) is 6.92 Å². The summed E-state index contributed by atoms with van der Waals surface area (Å²) < 4.78 is 0. The van der Waals surface area contributed by atoms with Crippen molar-refractivity contribution in [3.05, 3.63) is 59.2 Å². The zero-order chi connectivity index (χ0) is 19.6. The number of nitrogens with one attached hydrogen (secondary N) is 2. The minimum absolute atomic E-state index is 0.00202. The summed E-state index contributed by atoms with van der Waals surface area (Å²) in [6, 6.07) is 11.7. The Bertz CT molecular complexity index is 917. The van der Waals surface area contributed by atoms with E-state index in [-0.39, 0.29) is 36.6 Å². The number of anilines is 2. The van der Waals surface area contributed by atoms with E-state index >= 15 is 0 Å². The van der Waals surface area contributed by atoms with Crippen molar-refractivity contribution in [1.82, 2.24) is 4.90 Å².